The molecule has 2 aromatic carbocycles. The monoisotopic (exact) mass is 492 g/mol. The maximum atomic E-state index is 11.0. The van der Waals surface area contributed by atoms with Crippen molar-refractivity contribution in [2.75, 3.05) is 19.7 Å². The van der Waals surface area contributed by atoms with Crippen molar-refractivity contribution in [2.45, 2.75) is 55.8 Å². The zero-order chi connectivity index (χ0) is 23.2. The number of aromatic nitrogens is 1. The molecule has 1 saturated heterocycles. The first-order chi connectivity index (χ1) is 16.6. The number of phenolic OH excluding ortho intramolecular Hbond substituents is 1. The van der Waals surface area contributed by atoms with Gasteiger partial charge >= 0.3 is 0 Å². The Morgan fingerprint density at radius 3 is 2.89 bits per heavy atom. The number of aryl methyl sites for hydroxylation is 1. The Bertz CT molecular complexity index is 1350. The Morgan fingerprint density at radius 2 is 2.09 bits per heavy atom. The maximum Gasteiger partial charge on any atom is 0.166 e. The molecule has 1 N–H and O–H groups in total. The Morgan fingerprint density at radius 1 is 1.26 bits per heavy atom. The third-order valence-corrected chi connectivity index (χ3v) is 9.17. The Balaban J connectivity index is 0.00000229. The van der Waals surface area contributed by atoms with Gasteiger partial charge in [-0.25, -0.2) is 0 Å². The number of fused-ring (bicyclic) bond motifs is 4. The number of phenols is 1. The Hall–Kier alpha value is -2.47. The van der Waals surface area contributed by atoms with Gasteiger partial charge in [-0.15, -0.1) is 19.0 Å². The zero-order valence-electron chi connectivity index (χ0n) is 20.4. The summed E-state index contributed by atoms with van der Waals surface area (Å²) in [4.78, 5) is 2.58. The molecule has 35 heavy (non-hydrogen) atoms. The molecule has 1 spiro atoms. The minimum Gasteiger partial charge on any atom is -0.504 e. The van der Waals surface area contributed by atoms with Gasteiger partial charge in [0.25, 0.3) is 0 Å². The molecule has 3 aromatic rings. The standard InChI is InChI=1S/C29H32N2O3.ClH/c1-4-13-31-14-12-28-24-18-10-11-22(32)26(24)34-27(28)25-20(19-8-6-7-9-21(19)30(25)3)17-29(28,23(31)16-18)33-15-5-2;/h4,6-11,23,27,32H,1,5,12-17H2,2-3H3;1H/t23-,27+,28+,29-;/m1./s1. The van der Waals surface area contributed by atoms with Crippen LogP contribution in [0.5, 0.6) is 11.5 Å². The molecular formula is C29H33ClN2O3. The van der Waals surface area contributed by atoms with Gasteiger partial charge in [0.15, 0.2) is 17.6 Å². The molecule has 2 aliphatic carbocycles. The number of hydrogen-bond acceptors (Lipinski definition) is 4. The highest BCUT2D eigenvalue weighted by molar-refractivity contribution is 5.87. The van der Waals surface area contributed by atoms with Crippen molar-refractivity contribution in [1.29, 1.82) is 0 Å². The number of hydrogen-bond donors (Lipinski definition) is 1. The molecule has 1 aromatic heterocycles. The second-order valence-corrected chi connectivity index (χ2v) is 10.5. The lowest BCUT2D eigenvalue weighted by molar-refractivity contribution is -0.203. The van der Waals surface area contributed by atoms with Crippen LogP contribution < -0.4 is 4.74 Å². The highest BCUT2D eigenvalue weighted by atomic mass is 35.5. The molecule has 0 radical (unpaired) electrons. The van der Waals surface area contributed by atoms with Crippen LogP contribution in [0.15, 0.2) is 49.1 Å². The predicted octanol–water partition coefficient (Wildman–Crippen LogP) is 5.22. The minimum atomic E-state index is -0.419. The SMILES string of the molecule is C=CCN1CC[C@]23c4c5ccc(O)c4O[C@H]2c2c(c4ccccc4n2C)C[C@@]3(OCCC)[C@H]1C5.Cl. The van der Waals surface area contributed by atoms with Crippen molar-refractivity contribution in [3.63, 3.8) is 0 Å². The largest absolute Gasteiger partial charge is 0.504 e. The maximum absolute atomic E-state index is 11.0. The topological polar surface area (TPSA) is 46.9 Å². The highest BCUT2D eigenvalue weighted by Crippen LogP contribution is 2.70. The molecule has 4 atom stereocenters. The smallest absolute Gasteiger partial charge is 0.166 e. The van der Waals surface area contributed by atoms with Crippen LogP contribution in [0.1, 0.15) is 48.3 Å². The summed E-state index contributed by atoms with van der Waals surface area (Å²) in [5, 5.41) is 12.3. The van der Waals surface area contributed by atoms with Crippen LogP contribution in [0, 0.1) is 0 Å². The molecule has 0 amide bonds. The van der Waals surface area contributed by atoms with Gasteiger partial charge in [-0.3, -0.25) is 4.90 Å². The minimum absolute atomic E-state index is 0. The average molecular weight is 493 g/mol. The van der Waals surface area contributed by atoms with Crippen molar-refractivity contribution < 1.29 is 14.6 Å². The average Bonchev–Trinajstić information content (AvgIpc) is 3.33. The van der Waals surface area contributed by atoms with E-state index in [1.165, 1.54) is 33.3 Å². The van der Waals surface area contributed by atoms with Gasteiger partial charge in [0, 0.05) is 55.7 Å². The quantitative estimate of drug-likeness (QED) is 0.496. The van der Waals surface area contributed by atoms with E-state index >= 15 is 0 Å². The number of rotatable bonds is 5. The lowest BCUT2D eigenvalue weighted by Crippen LogP contribution is -2.75. The van der Waals surface area contributed by atoms with Crippen LogP contribution >= 0.6 is 12.4 Å². The molecule has 0 saturated carbocycles. The van der Waals surface area contributed by atoms with E-state index in [1.807, 2.05) is 12.1 Å². The van der Waals surface area contributed by atoms with Crippen LogP contribution in [0.4, 0.5) is 0 Å². The summed E-state index contributed by atoms with van der Waals surface area (Å²) in [7, 11) is 2.16. The summed E-state index contributed by atoms with van der Waals surface area (Å²) in [5.41, 5.74) is 5.59. The van der Waals surface area contributed by atoms with Gasteiger partial charge in [0.1, 0.15) is 5.60 Å². The van der Waals surface area contributed by atoms with Crippen LogP contribution in [0.3, 0.4) is 0 Å². The number of ether oxygens (including phenoxy) is 2. The van der Waals surface area contributed by atoms with Crippen molar-refractivity contribution in [2.24, 2.45) is 7.05 Å². The highest BCUT2D eigenvalue weighted by Gasteiger charge is 2.74. The first kappa shape index (κ1) is 23.0. The number of aromatic hydroxyl groups is 1. The lowest BCUT2D eigenvalue weighted by Gasteiger charge is -2.64. The van der Waals surface area contributed by atoms with E-state index in [1.54, 1.807) is 0 Å². The van der Waals surface area contributed by atoms with Crippen molar-refractivity contribution in [1.82, 2.24) is 9.47 Å². The summed E-state index contributed by atoms with van der Waals surface area (Å²) >= 11 is 0. The molecule has 5 nitrogen and oxygen atoms in total. The molecule has 2 aliphatic heterocycles. The fraction of sp³-hybridized carbons (Fsp3) is 0.448. The number of likely N-dealkylation sites (tertiary alicyclic amines) is 1. The van der Waals surface area contributed by atoms with Crippen LogP contribution in [-0.4, -0.2) is 45.9 Å². The molecule has 2 bridgehead atoms. The number of nitrogens with zero attached hydrogens (tertiary/aromatic N) is 2. The molecular weight excluding hydrogens is 460 g/mol. The van der Waals surface area contributed by atoms with Crippen LogP contribution in [-0.2, 0) is 30.0 Å². The van der Waals surface area contributed by atoms with Crippen LogP contribution in [0.2, 0.25) is 0 Å². The number of piperidine rings is 1. The van der Waals surface area contributed by atoms with E-state index < -0.39 is 5.60 Å². The van der Waals surface area contributed by atoms with Gasteiger partial charge in [-0.2, -0.15) is 0 Å². The fourth-order valence-corrected chi connectivity index (χ4v) is 8.00. The summed E-state index contributed by atoms with van der Waals surface area (Å²) in [6, 6.07) is 12.9. The van der Waals surface area contributed by atoms with Gasteiger partial charge in [0.2, 0.25) is 0 Å². The fourth-order valence-electron chi connectivity index (χ4n) is 8.00. The number of benzene rings is 2. The summed E-state index contributed by atoms with van der Waals surface area (Å²) < 4.78 is 16.3. The van der Waals surface area contributed by atoms with Gasteiger partial charge in [-0.1, -0.05) is 37.3 Å². The first-order valence-corrected chi connectivity index (χ1v) is 12.6. The molecule has 7 rings (SSSR count). The third kappa shape index (κ3) is 2.57. The zero-order valence-corrected chi connectivity index (χ0v) is 21.2. The van der Waals surface area contributed by atoms with E-state index in [0.29, 0.717) is 5.75 Å². The van der Waals surface area contributed by atoms with Gasteiger partial charge in [0.05, 0.1) is 11.1 Å². The molecule has 184 valence electrons. The normalized spacial score (nSPS) is 29.8. The van der Waals surface area contributed by atoms with Crippen LogP contribution in [0.25, 0.3) is 10.9 Å². The Kier molecular flexibility index (Phi) is 5.09. The Labute approximate surface area is 212 Å². The third-order valence-electron chi connectivity index (χ3n) is 9.17. The van der Waals surface area contributed by atoms with Crippen molar-refractivity contribution in [3.05, 3.63) is 71.4 Å². The van der Waals surface area contributed by atoms with Gasteiger partial charge in [-0.05, 0) is 42.5 Å². The molecule has 6 heteroatoms. The molecule has 0 unspecified atom stereocenters. The van der Waals surface area contributed by atoms with E-state index in [-0.39, 0.29) is 35.7 Å². The predicted molar refractivity (Wildman–Crippen MR) is 140 cm³/mol. The number of halogens is 1. The molecule has 4 aliphatic rings. The van der Waals surface area contributed by atoms with E-state index in [0.717, 1.165) is 45.4 Å². The van der Waals surface area contributed by atoms with Gasteiger partial charge < -0.3 is 19.1 Å². The second kappa shape index (κ2) is 7.76. The van der Waals surface area contributed by atoms with Crippen molar-refractivity contribution >= 4 is 23.3 Å². The van der Waals surface area contributed by atoms with Crippen molar-refractivity contribution in [3.8, 4) is 11.5 Å². The van der Waals surface area contributed by atoms with E-state index in [9.17, 15) is 5.11 Å². The summed E-state index contributed by atoms with van der Waals surface area (Å²) in [6.45, 7) is 8.80. The number of para-hydroxylation sites is 1. The second-order valence-electron chi connectivity index (χ2n) is 10.5. The first-order valence-electron chi connectivity index (χ1n) is 12.6. The molecule has 3 heterocycles. The summed E-state index contributed by atoms with van der Waals surface area (Å²) in [6.07, 6.45) is 5.52. The lowest BCUT2D eigenvalue weighted by atomic mass is 9.48. The molecule has 1 fully saturated rings. The summed E-state index contributed by atoms with van der Waals surface area (Å²) in [5.74, 6) is 0.930. The van der Waals surface area contributed by atoms with E-state index in [2.05, 4.69) is 60.3 Å². The van der Waals surface area contributed by atoms with E-state index in [4.69, 9.17) is 9.47 Å².